The van der Waals surface area contributed by atoms with Gasteiger partial charge >= 0.3 is 11.4 Å². The molecule has 12 heteroatoms. The summed E-state index contributed by atoms with van der Waals surface area (Å²) in [5, 5.41) is 44.5. The number of hydrogen-bond acceptors (Lipinski definition) is 9. The van der Waals surface area contributed by atoms with Crippen LogP contribution >= 0.6 is 0 Å². The number of non-ortho nitro benzene ring substituents is 1. The summed E-state index contributed by atoms with van der Waals surface area (Å²) < 4.78 is 0. The van der Waals surface area contributed by atoms with Gasteiger partial charge in [0.25, 0.3) is 11.4 Å². The van der Waals surface area contributed by atoms with Crippen LogP contribution in [0.2, 0.25) is 0 Å². The maximum atomic E-state index is 10.4. The van der Waals surface area contributed by atoms with Crippen LogP contribution in [0.1, 0.15) is 0 Å². The van der Waals surface area contributed by atoms with Gasteiger partial charge in [-0.15, -0.1) is 0 Å². The lowest BCUT2D eigenvalue weighted by Gasteiger charge is -2.03. The molecule has 0 aliphatic carbocycles. The van der Waals surface area contributed by atoms with E-state index in [9.17, 15) is 30.3 Å². The fraction of sp³-hybridized carbons (Fsp3) is 0.0625. The zero-order chi connectivity index (χ0) is 20.8. The Labute approximate surface area is 156 Å². The monoisotopic (exact) mass is 387 g/mol. The van der Waals surface area contributed by atoms with Crippen LogP contribution in [0.4, 0.5) is 22.7 Å². The first-order valence-electron chi connectivity index (χ1n) is 7.58. The predicted octanol–water partition coefficient (Wildman–Crippen LogP) is 3.39. The van der Waals surface area contributed by atoms with Crippen molar-refractivity contribution >= 4 is 33.7 Å². The average Bonchev–Trinajstić information content (AvgIpc) is 2.67. The molecule has 2 aromatic carbocycles. The van der Waals surface area contributed by atoms with Gasteiger partial charge in [-0.1, -0.05) is 6.07 Å². The van der Waals surface area contributed by atoms with E-state index in [0.29, 0.717) is 12.1 Å². The number of pyridine rings is 1. The van der Waals surface area contributed by atoms with Gasteiger partial charge in [-0.2, -0.15) is 0 Å². The van der Waals surface area contributed by atoms with Crippen LogP contribution in [0.3, 0.4) is 0 Å². The number of rotatable bonds is 4. The molecule has 0 bridgehead atoms. The first-order valence-corrected chi connectivity index (χ1v) is 7.58. The third-order valence-corrected chi connectivity index (χ3v) is 3.57. The van der Waals surface area contributed by atoms with E-state index in [-0.39, 0.29) is 0 Å². The topological polar surface area (TPSA) is 175 Å². The lowest BCUT2D eigenvalue weighted by atomic mass is 10.2. The number of nitro benzene ring substituents is 3. The third-order valence-electron chi connectivity index (χ3n) is 3.57. The minimum Gasteiger partial charge on any atom is -0.497 e. The number of fused-ring (bicyclic) bond motifs is 1. The lowest BCUT2D eigenvalue weighted by Crippen LogP contribution is -1.97. The smallest absolute Gasteiger partial charge is 0.324 e. The molecule has 144 valence electrons. The molecule has 2 N–H and O–H groups in total. The number of nitrogens with zero attached hydrogens (tertiary/aromatic N) is 4. The zero-order valence-corrected chi connectivity index (χ0v) is 14.3. The van der Waals surface area contributed by atoms with Gasteiger partial charge in [-0.25, -0.2) is 0 Å². The molecule has 3 aromatic rings. The molecule has 3 rings (SSSR count). The van der Waals surface area contributed by atoms with Crippen molar-refractivity contribution in [1.29, 1.82) is 0 Å². The molecule has 0 fully saturated rings. The summed E-state index contributed by atoms with van der Waals surface area (Å²) in [5.41, 5.74) is -0.844. The highest BCUT2D eigenvalue weighted by molar-refractivity contribution is 5.90. The van der Waals surface area contributed by atoms with Gasteiger partial charge < -0.3 is 10.4 Å². The molecule has 0 aliphatic heterocycles. The van der Waals surface area contributed by atoms with Crippen molar-refractivity contribution < 1.29 is 19.9 Å². The van der Waals surface area contributed by atoms with Gasteiger partial charge in [-0.3, -0.25) is 35.3 Å². The molecule has 0 aliphatic rings. The first kappa shape index (κ1) is 20.0. The van der Waals surface area contributed by atoms with E-state index in [1.54, 1.807) is 0 Å². The van der Waals surface area contributed by atoms with Gasteiger partial charge in [0.05, 0.1) is 32.4 Å². The van der Waals surface area contributed by atoms with E-state index in [4.69, 9.17) is 5.11 Å². The van der Waals surface area contributed by atoms with Crippen molar-refractivity contribution in [3.05, 3.63) is 79.0 Å². The minimum absolute atomic E-state index is 0.447. The SMILES string of the molecule is CNc1cccc2ncccc12.O=[N+]([O-])c1cc([N+](=O)[O-])c(O)c([N+](=O)[O-])c1. The fourth-order valence-corrected chi connectivity index (χ4v) is 2.29. The van der Waals surface area contributed by atoms with Crippen LogP contribution in [0.5, 0.6) is 5.75 Å². The Kier molecular flexibility index (Phi) is 5.96. The van der Waals surface area contributed by atoms with Crippen LogP contribution in [-0.2, 0) is 0 Å². The van der Waals surface area contributed by atoms with Crippen LogP contribution in [0.25, 0.3) is 10.9 Å². The summed E-state index contributed by atoms with van der Waals surface area (Å²) in [4.78, 5) is 32.0. The average molecular weight is 387 g/mol. The van der Waals surface area contributed by atoms with Crippen molar-refractivity contribution in [3.63, 3.8) is 0 Å². The number of hydrogen-bond donors (Lipinski definition) is 2. The van der Waals surface area contributed by atoms with Gasteiger partial charge in [-0.05, 0) is 24.3 Å². The molecule has 0 amide bonds. The standard InChI is InChI=1S/C10H10N2.C6H3N3O7/c1-11-9-5-2-6-10-8(9)4-3-7-12-10;10-6-4(8(13)14)1-3(7(11)12)2-5(6)9(15)16/h2-7,11H,1H3;1-2,10H. The van der Waals surface area contributed by atoms with E-state index < -0.39 is 37.6 Å². The van der Waals surface area contributed by atoms with E-state index in [1.807, 2.05) is 37.5 Å². The lowest BCUT2D eigenvalue weighted by molar-refractivity contribution is -0.404. The molecule has 28 heavy (non-hydrogen) atoms. The third kappa shape index (κ3) is 4.24. The second kappa shape index (κ2) is 8.35. The molecule has 0 saturated heterocycles. The Morgan fingerprint density at radius 1 is 0.929 bits per heavy atom. The molecule has 0 radical (unpaired) electrons. The summed E-state index contributed by atoms with van der Waals surface area (Å²) in [6, 6.07) is 11.0. The van der Waals surface area contributed by atoms with Crippen molar-refractivity contribution in [2.24, 2.45) is 0 Å². The van der Waals surface area contributed by atoms with Crippen molar-refractivity contribution in [1.82, 2.24) is 4.98 Å². The maximum Gasteiger partial charge on any atom is 0.324 e. The van der Waals surface area contributed by atoms with Gasteiger partial charge in [0.2, 0.25) is 0 Å². The highest BCUT2D eigenvalue weighted by Gasteiger charge is 2.30. The first-order chi connectivity index (χ1) is 13.3. The number of aromatic hydroxyl groups is 1. The molecule has 0 spiro atoms. The van der Waals surface area contributed by atoms with E-state index >= 15 is 0 Å². The number of phenolic OH excluding ortho intramolecular Hbond substituents is 1. The van der Waals surface area contributed by atoms with E-state index in [1.165, 1.54) is 5.39 Å². The Bertz CT molecular complexity index is 1030. The van der Waals surface area contributed by atoms with Crippen molar-refractivity contribution in [3.8, 4) is 5.75 Å². The number of phenols is 1. The van der Waals surface area contributed by atoms with Crippen LogP contribution < -0.4 is 5.32 Å². The van der Waals surface area contributed by atoms with Crippen molar-refractivity contribution in [2.45, 2.75) is 0 Å². The highest BCUT2D eigenvalue weighted by Crippen LogP contribution is 2.38. The summed E-state index contributed by atoms with van der Waals surface area (Å²) in [5.74, 6) is -1.21. The molecular weight excluding hydrogens is 374 g/mol. The van der Waals surface area contributed by atoms with Gasteiger partial charge in [0, 0.05) is 24.3 Å². The summed E-state index contributed by atoms with van der Waals surface area (Å²) in [7, 11) is 1.92. The summed E-state index contributed by atoms with van der Waals surface area (Å²) >= 11 is 0. The Morgan fingerprint density at radius 2 is 1.54 bits per heavy atom. The maximum absolute atomic E-state index is 10.4. The van der Waals surface area contributed by atoms with Crippen molar-refractivity contribution in [2.75, 3.05) is 12.4 Å². The molecule has 12 nitrogen and oxygen atoms in total. The Hall–Kier alpha value is -4.35. The fourth-order valence-electron chi connectivity index (χ4n) is 2.29. The zero-order valence-electron chi connectivity index (χ0n) is 14.3. The molecule has 0 atom stereocenters. The number of benzene rings is 2. The van der Waals surface area contributed by atoms with Gasteiger partial charge in [0.1, 0.15) is 0 Å². The number of aromatic nitrogens is 1. The molecule has 0 unspecified atom stereocenters. The van der Waals surface area contributed by atoms with Gasteiger partial charge in [0.15, 0.2) is 0 Å². The summed E-state index contributed by atoms with van der Waals surface area (Å²) in [6.45, 7) is 0. The van der Waals surface area contributed by atoms with Crippen LogP contribution in [-0.4, -0.2) is 31.9 Å². The number of anilines is 1. The summed E-state index contributed by atoms with van der Waals surface area (Å²) in [6.07, 6.45) is 1.81. The van der Waals surface area contributed by atoms with E-state index in [2.05, 4.69) is 16.4 Å². The largest absolute Gasteiger partial charge is 0.497 e. The van der Waals surface area contributed by atoms with Crippen LogP contribution in [0, 0.1) is 30.3 Å². The van der Waals surface area contributed by atoms with E-state index in [0.717, 1.165) is 11.2 Å². The molecule has 0 saturated carbocycles. The number of nitrogens with one attached hydrogen (secondary N) is 1. The highest BCUT2D eigenvalue weighted by atomic mass is 16.6. The molecule has 1 heterocycles. The van der Waals surface area contributed by atoms with Crippen LogP contribution in [0.15, 0.2) is 48.7 Å². The predicted molar refractivity (Wildman–Crippen MR) is 99.4 cm³/mol. The number of nitro groups is 3. The second-order valence-electron chi connectivity index (χ2n) is 5.23. The quantitative estimate of drug-likeness (QED) is 0.502. The molecular formula is C16H13N5O7. The minimum atomic E-state index is -1.21. The second-order valence-corrected chi connectivity index (χ2v) is 5.23. The Morgan fingerprint density at radius 3 is 2.04 bits per heavy atom. The molecule has 1 aromatic heterocycles. The normalized spacial score (nSPS) is 9.89. The Balaban J connectivity index is 0.000000207.